The van der Waals surface area contributed by atoms with E-state index in [1.54, 1.807) is 23.1 Å². The van der Waals surface area contributed by atoms with Crippen LogP contribution in [0, 0.1) is 0 Å². The zero-order valence-electron chi connectivity index (χ0n) is 14.6. The van der Waals surface area contributed by atoms with E-state index in [1.165, 1.54) is 18.7 Å². The molecule has 1 atom stereocenters. The molecule has 0 fully saturated rings. The molecule has 2 heterocycles. The lowest BCUT2D eigenvalue weighted by atomic mass is 10.1. The monoisotopic (exact) mass is 398 g/mol. The van der Waals surface area contributed by atoms with Crippen LogP contribution in [0.15, 0.2) is 53.7 Å². The second-order valence-corrected chi connectivity index (χ2v) is 7.09. The second-order valence-electron chi connectivity index (χ2n) is 5.88. The summed E-state index contributed by atoms with van der Waals surface area (Å²) in [6.07, 6.45) is 1.18. The summed E-state index contributed by atoms with van der Waals surface area (Å²) in [6.45, 7) is 1.50. The number of carbonyl (C=O) groups excluding carboxylic acids is 1. The SMILES string of the molecule is CSc1nnc2c(n1)O[C@H](c1ccccc1)N(C(C)=O)c1ccc(Cl)cc1-2. The molecule has 0 saturated carbocycles. The van der Waals surface area contributed by atoms with Crippen LogP contribution in [0.5, 0.6) is 5.88 Å². The molecule has 136 valence electrons. The fourth-order valence-corrected chi connectivity index (χ4v) is 3.47. The number of hydrogen-bond acceptors (Lipinski definition) is 6. The number of rotatable bonds is 2. The van der Waals surface area contributed by atoms with Gasteiger partial charge >= 0.3 is 0 Å². The third-order valence-electron chi connectivity index (χ3n) is 4.17. The summed E-state index contributed by atoms with van der Waals surface area (Å²) >= 11 is 7.58. The maximum Gasteiger partial charge on any atom is 0.247 e. The Bertz CT molecular complexity index is 1020. The first-order valence-corrected chi connectivity index (χ1v) is 9.79. The van der Waals surface area contributed by atoms with Crippen molar-refractivity contribution in [1.82, 2.24) is 15.2 Å². The highest BCUT2D eigenvalue weighted by Gasteiger charge is 2.34. The van der Waals surface area contributed by atoms with E-state index >= 15 is 0 Å². The van der Waals surface area contributed by atoms with E-state index in [0.29, 0.717) is 33.0 Å². The molecule has 1 aliphatic heterocycles. The summed E-state index contributed by atoms with van der Waals surface area (Å²) < 4.78 is 6.22. The normalized spacial score (nSPS) is 15.4. The minimum absolute atomic E-state index is 0.168. The van der Waals surface area contributed by atoms with Crippen LogP contribution < -0.4 is 9.64 Å². The standard InChI is InChI=1S/C19H15ClN4O2S/c1-11(25)24-15-9-8-13(20)10-14(15)16-17(21-19(27-2)23-22-16)26-18(24)12-6-4-3-5-7-12/h3-10,18H,1-2H3/t18-/m1/s1. The maximum atomic E-state index is 12.6. The lowest BCUT2D eigenvalue weighted by Crippen LogP contribution is -2.36. The van der Waals surface area contributed by atoms with Crippen molar-refractivity contribution in [2.75, 3.05) is 11.2 Å². The maximum absolute atomic E-state index is 12.6. The minimum Gasteiger partial charge on any atom is -0.447 e. The average Bonchev–Trinajstić information content (AvgIpc) is 2.82. The van der Waals surface area contributed by atoms with Gasteiger partial charge in [0.1, 0.15) is 0 Å². The van der Waals surface area contributed by atoms with Gasteiger partial charge in [0.25, 0.3) is 0 Å². The molecule has 3 aromatic rings. The van der Waals surface area contributed by atoms with Crippen LogP contribution in [0.4, 0.5) is 5.69 Å². The van der Waals surface area contributed by atoms with Crippen LogP contribution in [0.1, 0.15) is 18.7 Å². The second kappa shape index (κ2) is 7.17. The van der Waals surface area contributed by atoms with Crippen molar-refractivity contribution in [1.29, 1.82) is 0 Å². The van der Waals surface area contributed by atoms with E-state index in [4.69, 9.17) is 16.3 Å². The molecule has 0 aliphatic carbocycles. The minimum atomic E-state index is -0.684. The summed E-state index contributed by atoms with van der Waals surface area (Å²) in [5.41, 5.74) is 2.58. The smallest absolute Gasteiger partial charge is 0.247 e. The number of aromatic nitrogens is 3. The lowest BCUT2D eigenvalue weighted by molar-refractivity contribution is -0.118. The van der Waals surface area contributed by atoms with E-state index in [9.17, 15) is 4.79 Å². The predicted molar refractivity (Wildman–Crippen MR) is 105 cm³/mol. The Morgan fingerprint density at radius 3 is 2.67 bits per heavy atom. The quantitative estimate of drug-likeness (QED) is 0.597. The molecule has 8 heteroatoms. The number of benzene rings is 2. The van der Waals surface area contributed by atoms with Crippen molar-refractivity contribution >= 4 is 35.0 Å². The highest BCUT2D eigenvalue weighted by molar-refractivity contribution is 7.98. The number of carbonyl (C=O) groups is 1. The van der Waals surface area contributed by atoms with Crippen molar-refractivity contribution in [2.45, 2.75) is 18.3 Å². The van der Waals surface area contributed by atoms with Crippen LogP contribution in [-0.2, 0) is 4.79 Å². The number of thioether (sulfide) groups is 1. The predicted octanol–water partition coefficient (Wildman–Crippen LogP) is 4.36. The zero-order valence-corrected chi connectivity index (χ0v) is 16.2. The number of halogens is 1. The van der Waals surface area contributed by atoms with Crippen molar-refractivity contribution in [3.05, 3.63) is 59.1 Å². The fraction of sp³-hybridized carbons (Fsp3) is 0.158. The Hall–Kier alpha value is -2.64. The van der Waals surface area contributed by atoms with Gasteiger partial charge in [-0.05, 0) is 24.5 Å². The van der Waals surface area contributed by atoms with Gasteiger partial charge in [-0.1, -0.05) is 53.7 Å². The van der Waals surface area contributed by atoms with E-state index < -0.39 is 6.23 Å². The summed E-state index contributed by atoms with van der Waals surface area (Å²) in [6, 6.07) is 14.8. The van der Waals surface area contributed by atoms with Gasteiger partial charge in [0.05, 0.1) is 5.69 Å². The van der Waals surface area contributed by atoms with Gasteiger partial charge in [-0.3, -0.25) is 9.69 Å². The van der Waals surface area contributed by atoms with Crippen LogP contribution >= 0.6 is 23.4 Å². The molecule has 0 spiro atoms. The third-order valence-corrected chi connectivity index (χ3v) is 4.95. The Kier molecular flexibility index (Phi) is 4.72. The molecule has 1 aliphatic rings. The van der Waals surface area contributed by atoms with Crippen molar-refractivity contribution < 1.29 is 9.53 Å². The molecule has 6 nitrogen and oxygen atoms in total. The Balaban J connectivity index is 2.00. The molecule has 27 heavy (non-hydrogen) atoms. The number of anilines is 1. The van der Waals surface area contributed by atoms with Crippen LogP contribution in [0.2, 0.25) is 5.02 Å². The fourth-order valence-electron chi connectivity index (χ4n) is 3.00. The number of fused-ring (bicyclic) bond motifs is 3. The Morgan fingerprint density at radius 1 is 1.19 bits per heavy atom. The molecule has 0 unspecified atom stereocenters. The van der Waals surface area contributed by atoms with Gasteiger partial charge in [0, 0.05) is 23.1 Å². The molecule has 0 saturated heterocycles. The highest BCUT2D eigenvalue weighted by atomic mass is 35.5. The molecular formula is C19H15ClN4O2S. The number of hydrogen-bond donors (Lipinski definition) is 0. The van der Waals surface area contributed by atoms with Crippen LogP contribution in [-0.4, -0.2) is 27.3 Å². The van der Waals surface area contributed by atoms with Crippen LogP contribution in [0.25, 0.3) is 11.3 Å². The third kappa shape index (κ3) is 3.24. The lowest BCUT2D eigenvalue weighted by Gasteiger charge is -2.29. The van der Waals surface area contributed by atoms with Gasteiger partial charge < -0.3 is 4.74 Å². The molecular weight excluding hydrogens is 384 g/mol. The Labute approximate surface area is 165 Å². The molecule has 2 aromatic carbocycles. The summed E-state index contributed by atoms with van der Waals surface area (Å²) in [7, 11) is 0. The first-order valence-electron chi connectivity index (χ1n) is 8.18. The van der Waals surface area contributed by atoms with Crippen molar-refractivity contribution in [2.24, 2.45) is 0 Å². The van der Waals surface area contributed by atoms with E-state index in [2.05, 4.69) is 15.2 Å². The van der Waals surface area contributed by atoms with Gasteiger partial charge in [0.15, 0.2) is 5.69 Å². The number of ether oxygens (including phenoxy) is 1. The first-order chi connectivity index (χ1) is 13.1. The number of amides is 1. The number of nitrogens with zero attached hydrogens (tertiary/aromatic N) is 4. The first kappa shape index (κ1) is 17.8. The zero-order chi connectivity index (χ0) is 19.0. The largest absolute Gasteiger partial charge is 0.447 e. The van der Waals surface area contributed by atoms with Gasteiger partial charge in [-0.15, -0.1) is 10.2 Å². The molecule has 1 aromatic heterocycles. The van der Waals surface area contributed by atoms with Crippen molar-refractivity contribution in [3.63, 3.8) is 0 Å². The van der Waals surface area contributed by atoms with E-state index in [1.807, 2.05) is 36.6 Å². The molecule has 0 radical (unpaired) electrons. The topological polar surface area (TPSA) is 68.2 Å². The van der Waals surface area contributed by atoms with E-state index in [0.717, 1.165) is 5.56 Å². The van der Waals surface area contributed by atoms with E-state index in [-0.39, 0.29) is 5.91 Å². The summed E-state index contributed by atoms with van der Waals surface area (Å²) in [4.78, 5) is 18.7. The summed E-state index contributed by atoms with van der Waals surface area (Å²) in [5.74, 6) is 0.147. The van der Waals surface area contributed by atoms with Gasteiger partial charge in [-0.2, -0.15) is 4.98 Å². The van der Waals surface area contributed by atoms with Gasteiger partial charge in [0.2, 0.25) is 23.2 Å². The molecule has 0 bridgehead atoms. The Morgan fingerprint density at radius 2 is 1.96 bits per heavy atom. The van der Waals surface area contributed by atoms with Gasteiger partial charge in [-0.25, -0.2) is 0 Å². The highest BCUT2D eigenvalue weighted by Crippen LogP contribution is 2.44. The molecule has 1 amide bonds. The van der Waals surface area contributed by atoms with Crippen molar-refractivity contribution in [3.8, 4) is 17.1 Å². The van der Waals surface area contributed by atoms with Crippen LogP contribution in [0.3, 0.4) is 0 Å². The average molecular weight is 399 g/mol. The molecule has 0 N–H and O–H groups in total. The summed E-state index contributed by atoms with van der Waals surface area (Å²) in [5, 5.41) is 9.43. The molecule has 4 rings (SSSR count).